The van der Waals surface area contributed by atoms with Crippen LogP contribution in [0.3, 0.4) is 0 Å². The molecular weight excluding hydrogens is 152 g/mol. The molecule has 0 amide bonds. The van der Waals surface area contributed by atoms with Gasteiger partial charge in [-0.25, -0.2) is 0 Å². The molecule has 0 atom stereocenters. The van der Waals surface area contributed by atoms with E-state index in [1.807, 2.05) is 0 Å². The predicted molar refractivity (Wildman–Crippen MR) is 45.8 cm³/mol. The first-order chi connectivity index (χ1) is 5.75. The van der Waals surface area contributed by atoms with Crippen LogP contribution in [-0.2, 0) is 0 Å². The summed E-state index contributed by atoms with van der Waals surface area (Å²) in [5.41, 5.74) is 0.644. The molecule has 0 radical (unpaired) electrons. The van der Waals surface area contributed by atoms with Gasteiger partial charge < -0.3 is 4.42 Å². The van der Waals surface area contributed by atoms with Crippen LogP contribution in [0.15, 0.2) is 16.7 Å². The lowest BCUT2D eigenvalue weighted by Gasteiger charge is -1.93. The number of Topliss-reactive ketones (excluding diaryl/α,β-unsaturated/α-hetero) is 1. The molecule has 1 aromatic rings. The Morgan fingerprint density at radius 3 is 3.00 bits per heavy atom. The Labute approximate surface area is 71.6 Å². The number of ketones is 1. The number of hydrogen-bond acceptors (Lipinski definition) is 2. The number of furan rings is 1. The van der Waals surface area contributed by atoms with E-state index in [9.17, 15) is 4.79 Å². The van der Waals surface area contributed by atoms with Gasteiger partial charge in [0.15, 0.2) is 5.78 Å². The van der Waals surface area contributed by atoms with Gasteiger partial charge in [-0.05, 0) is 13.0 Å². The number of aryl methyl sites for hydroxylation is 1. The molecule has 1 rings (SSSR count). The summed E-state index contributed by atoms with van der Waals surface area (Å²) < 4.78 is 4.99. The van der Waals surface area contributed by atoms with Crippen molar-refractivity contribution in [2.24, 2.45) is 0 Å². The van der Waals surface area contributed by atoms with Crippen LogP contribution in [-0.4, -0.2) is 5.78 Å². The summed E-state index contributed by atoms with van der Waals surface area (Å²) in [6.07, 6.45) is 7.44. The highest BCUT2D eigenvalue weighted by Gasteiger charge is 2.09. The van der Waals surface area contributed by atoms with E-state index in [-0.39, 0.29) is 5.78 Å². The largest absolute Gasteiger partial charge is 0.469 e. The number of carbonyl (C=O) groups is 1. The van der Waals surface area contributed by atoms with E-state index in [2.05, 4.69) is 5.92 Å². The van der Waals surface area contributed by atoms with Crippen LogP contribution in [0.4, 0.5) is 0 Å². The van der Waals surface area contributed by atoms with E-state index in [0.29, 0.717) is 24.2 Å². The van der Waals surface area contributed by atoms with E-state index >= 15 is 0 Å². The van der Waals surface area contributed by atoms with Crippen LogP contribution in [0.5, 0.6) is 0 Å². The molecule has 0 N–H and O–H groups in total. The van der Waals surface area contributed by atoms with Crippen molar-refractivity contribution in [3.05, 3.63) is 23.7 Å². The standard InChI is InChI=1S/C10H10O2/c1-3-4-5-10(11)9-6-7-12-8(9)2/h1,6-7H,4-5H2,2H3. The second-order valence-corrected chi connectivity index (χ2v) is 2.52. The Balaban J connectivity index is 2.67. The highest BCUT2D eigenvalue weighted by molar-refractivity contribution is 5.96. The van der Waals surface area contributed by atoms with E-state index in [1.165, 1.54) is 6.26 Å². The van der Waals surface area contributed by atoms with Crippen molar-refractivity contribution in [1.82, 2.24) is 0 Å². The summed E-state index contributed by atoms with van der Waals surface area (Å²) in [6.45, 7) is 1.77. The van der Waals surface area contributed by atoms with Crippen molar-refractivity contribution in [2.75, 3.05) is 0 Å². The predicted octanol–water partition coefficient (Wildman–Crippen LogP) is 2.18. The van der Waals surface area contributed by atoms with Gasteiger partial charge in [0.1, 0.15) is 5.76 Å². The van der Waals surface area contributed by atoms with Gasteiger partial charge in [-0.1, -0.05) is 0 Å². The van der Waals surface area contributed by atoms with Crippen LogP contribution >= 0.6 is 0 Å². The fourth-order valence-electron chi connectivity index (χ4n) is 0.995. The maximum Gasteiger partial charge on any atom is 0.167 e. The van der Waals surface area contributed by atoms with E-state index < -0.39 is 0 Å². The topological polar surface area (TPSA) is 30.2 Å². The number of hydrogen-bond donors (Lipinski definition) is 0. The molecule has 0 aliphatic carbocycles. The van der Waals surface area contributed by atoms with Crippen molar-refractivity contribution in [3.8, 4) is 12.3 Å². The van der Waals surface area contributed by atoms with Gasteiger partial charge in [0.05, 0.1) is 11.8 Å². The normalized spacial score (nSPS) is 9.33. The van der Waals surface area contributed by atoms with Gasteiger partial charge in [0.25, 0.3) is 0 Å². The molecular formula is C10H10O2. The molecule has 1 aromatic heterocycles. The Bertz CT molecular complexity index is 315. The lowest BCUT2D eigenvalue weighted by molar-refractivity contribution is 0.0983. The van der Waals surface area contributed by atoms with Crippen molar-refractivity contribution in [2.45, 2.75) is 19.8 Å². The van der Waals surface area contributed by atoms with Crippen LogP contribution in [0.1, 0.15) is 29.0 Å². The van der Waals surface area contributed by atoms with Crippen molar-refractivity contribution in [3.63, 3.8) is 0 Å². The molecule has 12 heavy (non-hydrogen) atoms. The molecule has 0 aliphatic rings. The summed E-state index contributed by atoms with van der Waals surface area (Å²) in [5.74, 6) is 3.15. The highest BCUT2D eigenvalue weighted by atomic mass is 16.3. The SMILES string of the molecule is C#CCCC(=O)c1ccoc1C. The summed E-state index contributed by atoms with van der Waals surface area (Å²) in [4.78, 5) is 11.3. The average molecular weight is 162 g/mol. The second-order valence-electron chi connectivity index (χ2n) is 2.52. The third-order valence-corrected chi connectivity index (χ3v) is 1.66. The Morgan fingerprint density at radius 1 is 1.75 bits per heavy atom. The molecule has 0 spiro atoms. The minimum atomic E-state index is 0.0548. The minimum absolute atomic E-state index is 0.0548. The first-order valence-electron chi connectivity index (χ1n) is 3.76. The zero-order valence-corrected chi connectivity index (χ0v) is 6.96. The van der Waals surface area contributed by atoms with E-state index in [0.717, 1.165) is 0 Å². The molecule has 0 aromatic carbocycles. The highest BCUT2D eigenvalue weighted by Crippen LogP contribution is 2.11. The van der Waals surface area contributed by atoms with Gasteiger partial charge in [0, 0.05) is 12.8 Å². The summed E-state index contributed by atoms with van der Waals surface area (Å²) in [6, 6.07) is 1.67. The molecule has 0 unspecified atom stereocenters. The van der Waals surface area contributed by atoms with Crippen molar-refractivity contribution < 1.29 is 9.21 Å². The Kier molecular flexibility index (Phi) is 2.71. The number of carbonyl (C=O) groups excluding carboxylic acids is 1. The molecule has 1 heterocycles. The fraction of sp³-hybridized carbons (Fsp3) is 0.300. The maximum atomic E-state index is 11.3. The minimum Gasteiger partial charge on any atom is -0.469 e. The number of rotatable bonds is 3. The van der Waals surface area contributed by atoms with Gasteiger partial charge in [-0.2, -0.15) is 0 Å². The van der Waals surface area contributed by atoms with Crippen LogP contribution in [0.25, 0.3) is 0 Å². The third-order valence-electron chi connectivity index (χ3n) is 1.66. The lowest BCUT2D eigenvalue weighted by Crippen LogP contribution is -1.97. The van der Waals surface area contributed by atoms with Gasteiger partial charge in [-0.15, -0.1) is 12.3 Å². The van der Waals surface area contributed by atoms with Crippen LogP contribution in [0, 0.1) is 19.3 Å². The first kappa shape index (κ1) is 8.61. The summed E-state index contributed by atoms with van der Waals surface area (Å²) in [5, 5.41) is 0. The van der Waals surface area contributed by atoms with Crippen LogP contribution < -0.4 is 0 Å². The Hall–Kier alpha value is -1.49. The second kappa shape index (κ2) is 3.77. The first-order valence-corrected chi connectivity index (χ1v) is 3.76. The lowest BCUT2D eigenvalue weighted by atomic mass is 10.1. The maximum absolute atomic E-state index is 11.3. The molecule has 0 aliphatic heterocycles. The fourth-order valence-corrected chi connectivity index (χ4v) is 0.995. The smallest absolute Gasteiger partial charge is 0.167 e. The van der Waals surface area contributed by atoms with Gasteiger partial charge in [0.2, 0.25) is 0 Å². The molecule has 0 bridgehead atoms. The van der Waals surface area contributed by atoms with Crippen molar-refractivity contribution >= 4 is 5.78 Å². The zero-order valence-electron chi connectivity index (χ0n) is 6.96. The quantitative estimate of drug-likeness (QED) is 0.503. The van der Waals surface area contributed by atoms with Gasteiger partial charge >= 0.3 is 0 Å². The zero-order chi connectivity index (χ0) is 8.97. The third kappa shape index (κ3) is 1.76. The average Bonchev–Trinajstić information content (AvgIpc) is 2.47. The van der Waals surface area contributed by atoms with E-state index in [1.54, 1.807) is 13.0 Å². The van der Waals surface area contributed by atoms with E-state index in [4.69, 9.17) is 10.8 Å². The Morgan fingerprint density at radius 2 is 2.50 bits per heavy atom. The molecule has 0 saturated heterocycles. The molecule has 0 saturated carbocycles. The molecule has 62 valence electrons. The summed E-state index contributed by atoms with van der Waals surface area (Å²) >= 11 is 0. The van der Waals surface area contributed by atoms with Gasteiger partial charge in [-0.3, -0.25) is 4.79 Å². The van der Waals surface area contributed by atoms with Crippen LogP contribution in [0.2, 0.25) is 0 Å². The summed E-state index contributed by atoms with van der Waals surface area (Å²) in [7, 11) is 0. The molecule has 2 heteroatoms. The molecule has 2 nitrogen and oxygen atoms in total. The monoisotopic (exact) mass is 162 g/mol. The molecule has 0 fully saturated rings. The number of terminal acetylenes is 1. The van der Waals surface area contributed by atoms with Crippen molar-refractivity contribution in [1.29, 1.82) is 0 Å².